The van der Waals surface area contributed by atoms with E-state index in [-0.39, 0.29) is 17.4 Å². The first-order valence-corrected chi connectivity index (χ1v) is 14.5. The molecule has 0 saturated carbocycles. The van der Waals surface area contributed by atoms with Gasteiger partial charge in [-0.25, -0.2) is 4.79 Å². The molecule has 0 aliphatic heterocycles. The molecule has 0 bridgehead atoms. The van der Waals surface area contributed by atoms with Gasteiger partial charge in [0.15, 0.2) is 11.5 Å². The van der Waals surface area contributed by atoms with Gasteiger partial charge < -0.3 is 29.8 Å². The van der Waals surface area contributed by atoms with Gasteiger partial charge in [-0.1, -0.05) is 60.5 Å². The Balaban J connectivity index is 3.48. The van der Waals surface area contributed by atoms with E-state index >= 15 is 0 Å². The van der Waals surface area contributed by atoms with Crippen LogP contribution in [0.4, 0.5) is 4.79 Å². The van der Waals surface area contributed by atoms with Crippen molar-refractivity contribution in [1.29, 1.82) is 0 Å². The summed E-state index contributed by atoms with van der Waals surface area (Å²) in [5.74, 6) is -4.46. The minimum Gasteiger partial charge on any atom is -0.480 e. The number of aliphatic carboxylic acids is 1. The minimum absolute atomic E-state index is 0.0139. The number of esters is 2. The molecule has 0 heterocycles. The summed E-state index contributed by atoms with van der Waals surface area (Å²) < 4.78 is 22.2. The van der Waals surface area contributed by atoms with Gasteiger partial charge in [-0.15, -0.1) is 0 Å². The smallest absolute Gasteiger partial charge is 0.480 e. The van der Waals surface area contributed by atoms with Crippen molar-refractivity contribution in [2.24, 2.45) is 23.5 Å². The second-order valence-electron chi connectivity index (χ2n) is 11.5. The monoisotopic (exact) mass is 579 g/mol. The van der Waals surface area contributed by atoms with Gasteiger partial charge in [0.25, 0.3) is 0 Å². The summed E-state index contributed by atoms with van der Waals surface area (Å²) in [6.45, 7) is 16.1. The number of ether oxygens (including phenoxy) is 4. The summed E-state index contributed by atoms with van der Waals surface area (Å²) in [6.07, 6.45) is 1.71. The second-order valence-corrected chi connectivity index (χ2v) is 11.5. The highest BCUT2D eigenvalue weighted by Crippen LogP contribution is 2.38. The van der Waals surface area contributed by atoms with E-state index in [1.165, 1.54) is 12.1 Å². The van der Waals surface area contributed by atoms with Gasteiger partial charge in [0.1, 0.15) is 17.7 Å². The third kappa shape index (κ3) is 11.0. The number of rotatable bonds is 16. The van der Waals surface area contributed by atoms with Crippen molar-refractivity contribution in [3.63, 3.8) is 0 Å². The molecule has 10 heteroatoms. The van der Waals surface area contributed by atoms with Crippen LogP contribution in [0.15, 0.2) is 18.2 Å². The van der Waals surface area contributed by atoms with Crippen LogP contribution in [0.1, 0.15) is 106 Å². The molecule has 5 unspecified atom stereocenters. The number of benzene rings is 1. The summed E-state index contributed by atoms with van der Waals surface area (Å²) in [4.78, 5) is 50.0. The fraction of sp³-hybridized carbons (Fsp3) is 0.677. The van der Waals surface area contributed by atoms with E-state index in [0.29, 0.717) is 24.8 Å². The van der Waals surface area contributed by atoms with Gasteiger partial charge in [-0.05, 0) is 57.7 Å². The van der Waals surface area contributed by atoms with Crippen molar-refractivity contribution in [2.75, 3.05) is 0 Å². The predicted molar refractivity (Wildman–Crippen MR) is 155 cm³/mol. The SMILES string of the molecule is CCCC(C)C(=O)Oc1ccc(C(C(C)C(C)OC(=O)OC(C)(C)CC)[C@H](N)C(=O)O)cc1OC(=O)C(C)CCC. The fourth-order valence-electron chi connectivity index (χ4n) is 4.28. The molecular weight excluding hydrogens is 530 g/mol. The lowest BCUT2D eigenvalue weighted by molar-refractivity contribution is -0.141. The maximum absolute atomic E-state index is 12.8. The highest BCUT2D eigenvalue weighted by atomic mass is 16.7. The topological polar surface area (TPSA) is 151 Å². The largest absolute Gasteiger partial charge is 0.509 e. The second kappa shape index (κ2) is 16.3. The lowest BCUT2D eigenvalue weighted by atomic mass is 9.79. The number of carbonyl (C=O) groups is 4. The van der Waals surface area contributed by atoms with Crippen LogP contribution in [0.25, 0.3) is 0 Å². The molecule has 0 fully saturated rings. The van der Waals surface area contributed by atoms with E-state index < -0.39 is 59.6 Å². The van der Waals surface area contributed by atoms with Crippen molar-refractivity contribution >= 4 is 24.1 Å². The zero-order valence-corrected chi connectivity index (χ0v) is 26.0. The number of carboxylic acids is 1. The van der Waals surface area contributed by atoms with Crippen LogP contribution in [0.3, 0.4) is 0 Å². The summed E-state index contributed by atoms with van der Waals surface area (Å²) in [5, 5.41) is 9.83. The molecule has 1 rings (SSSR count). The Hall–Kier alpha value is -3.14. The first-order chi connectivity index (χ1) is 19.1. The minimum atomic E-state index is -1.39. The van der Waals surface area contributed by atoms with E-state index in [1.54, 1.807) is 47.6 Å². The Kier molecular flexibility index (Phi) is 14.3. The molecule has 0 aliphatic rings. The quantitative estimate of drug-likeness (QED) is 0.170. The highest BCUT2D eigenvalue weighted by molar-refractivity contribution is 5.79. The molecule has 1 aromatic carbocycles. The molecule has 10 nitrogen and oxygen atoms in total. The number of hydrogen-bond acceptors (Lipinski definition) is 9. The Bertz CT molecular complexity index is 1040. The first kappa shape index (κ1) is 35.9. The van der Waals surface area contributed by atoms with Gasteiger partial charge >= 0.3 is 24.1 Å². The summed E-state index contributed by atoms with van der Waals surface area (Å²) in [5.41, 5.74) is 5.84. The third-order valence-corrected chi connectivity index (χ3v) is 7.49. The van der Waals surface area contributed by atoms with Gasteiger partial charge in [0.05, 0.1) is 11.8 Å². The van der Waals surface area contributed by atoms with Gasteiger partial charge in [0, 0.05) is 11.8 Å². The van der Waals surface area contributed by atoms with Crippen LogP contribution in [0.2, 0.25) is 0 Å². The number of carbonyl (C=O) groups excluding carboxylic acids is 3. The maximum Gasteiger partial charge on any atom is 0.509 e. The molecule has 0 aromatic heterocycles. The zero-order valence-electron chi connectivity index (χ0n) is 26.0. The first-order valence-electron chi connectivity index (χ1n) is 14.5. The average molecular weight is 580 g/mol. The Morgan fingerprint density at radius 2 is 1.39 bits per heavy atom. The van der Waals surface area contributed by atoms with E-state index in [1.807, 2.05) is 20.8 Å². The van der Waals surface area contributed by atoms with E-state index in [9.17, 15) is 24.3 Å². The maximum atomic E-state index is 12.8. The molecule has 0 radical (unpaired) electrons. The fourth-order valence-corrected chi connectivity index (χ4v) is 4.28. The van der Waals surface area contributed by atoms with Crippen molar-refractivity contribution in [1.82, 2.24) is 0 Å². The Morgan fingerprint density at radius 1 is 0.878 bits per heavy atom. The molecule has 0 amide bonds. The Morgan fingerprint density at radius 3 is 1.85 bits per heavy atom. The molecule has 6 atom stereocenters. The zero-order chi connectivity index (χ0) is 31.5. The van der Waals surface area contributed by atoms with E-state index in [0.717, 1.165) is 12.8 Å². The molecule has 232 valence electrons. The lowest BCUT2D eigenvalue weighted by Crippen LogP contribution is -2.43. The molecule has 41 heavy (non-hydrogen) atoms. The van der Waals surface area contributed by atoms with Gasteiger partial charge in [0.2, 0.25) is 0 Å². The molecule has 3 N–H and O–H groups in total. The van der Waals surface area contributed by atoms with Crippen molar-refractivity contribution < 1.29 is 43.2 Å². The standard InChI is InChI=1S/C31H49NO9/c1-10-13-18(4)28(35)39-23-16-15-22(17-24(23)40-29(36)19(5)14-11-2)25(26(32)27(33)34)20(6)21(7)38-30(37)41-31(8,9)12-3/h15-21,25-26H,10-14,32H2,1-9H3,(H,33,34)/t18?,19?,20?,21?,25?,26-/m0/s1. The predicted octanol–water partition coefficient (Wildman–Crippen LogP) is 6.23. The number of hydrogen-bond donors (Lipinski definition) is 2. The summed E-state index contributed by atoms with van der Waals surface area (Å²) >= 11 is 0. The van der Waals surface area contributed by atoms with Crippen molar-refractivity contribution in [3.05, 3.63) is 23.8 Å². The van der Waals surface area contributed by atoms with Crippen LogP contribution in [-0.4, -0.2) is 46.9 Å². The normalized spacial score (nSPS) is 16.0. The molecule has 0 aliphatic carbocycles. The molecule has 1 aromatic rings. The lowest BCUT2D eigenvalue weighted by Gasteiger charge is -2.32. The highest BCUT2D eigenvalue weighted by Gasteiger charge is 2.36. The van der Waals surface area contributed by atoms with E-state index in [4.69, 9.17) is 24.7 Å². The number of carboxylic acid groups (broad SMARTS) is 1. The van der Waals surface area contributed by atoms with Crippen LogP contribution in [0.5, 0.6) is 11.5 Å². The van der Waals surface area contributed by atoms with Gasteiger partial charge in [-0.2, -0.15) is 0 Å². The van der Waals surface area contributed by atoms with Crippen LogP contribution >= 0.6 is 0 Å². The van der Waals surface area contributed by atoms with Crippen molar-refractivity contribution in [3.8, 4) is 11.5 Å². The number of nitrogens with two attached hydrogens (primary N) is 1. The van der Waals surface area contributed by atoms with Crippen LogP contribution in [-0.2, 0) is 23.9 Å². The van der Waals surface area contributed by atoms with Gasteiger partial charge in [-0.3, -0.25) is 14.4 Å². The third-order valence-electron chi connectivity index (χ3n) is 7.49. The Labute approximate surface area is 244 Å². The summed E-state index contributed by atoms with van der Waals surface area (Å²) in [6, 6.07) is 3.13. The van der Waals surface area contributed by atoms with Crippen molar-refractivity contribution in [2.45, 2.75) is 118 Å². The molecular formula is C31H49NO9. The summed E-state index contributed by atoms with van der Waals surface area (Å²) in [7, 11) is 0. The van der Waals surface area contributed by atoms with Crippen LogP contribution in [0, 0.1) is 17.8 Å². The van der Waals surface area contributed by atoms with Crippen LogP contribution < -0.4 is 15.2 Å². The molecule has 0 spiro atoms. The molecule has 0 saturated heterocycles. The average Bonchev–Trinajstić information content (AvgIpc) is 2.89. The van der Waals surface area contributed by atoms with E-state index in [2.05, 4.69) is 0 Å².